The van der Waals surface area contributed by atoms with Crippen LogP contribution < -0.4 is 25.0 Å². The summed E-state index contributed by atoms with van der Waals surface area (Å²) in [5, 5.41) is 13.6. The molecule has 54 heavy (non-hydrogen) atoms. The van der Waals surface area contributed by atoms with E-state index in [0.717, 1.165) is 18.2 Å². The number of aliphatic hydroxyl groups is 1. The average molecular weight is 756 g/mol. The van der Waals surface area contributed by atoms with Crippen molar-refractivity contribution in [3.8, 4) is 28.5 Å². The molecule has 0 aliphatic carbocycles. The number of aromatic nitrogens is 1. The summed E-state index contributed by atoms with van der Waals surface area (Å²) in [5.74, 6) is -2.60. The Kier molecular flexibility index (Phi) is 11.8. The molecule has 3 atom stereocenters. The number of hydrogen-bond donors (Lipinski definition) is 3. The van der Waals surface area contributed by atoms with Crippen molar-refractivity contribution in [2.75, 3.05) is 26.9 Å². The molecule has 12 nitrogen and oxygen atoms in total. The highest BCUT2D eigenvalue weighted by Crippen LogP contribution is 2.47. The second kappa shape index (κ2) is 16.1. The van der Waals surface area contributed by atoms with Gasteiger partial charge in [-0.1, -0.05) is 25.1 Å². The molecule has 0 radical (unpaired) electrons. The average Bonchev–Trinajstić information content (AvgIpc) is 3.50. The van der Waals surface area contributed by atoms with Gasteiger partial charge in [0.2, 0.25) is 5.60 Å². The van der Waals surface area contributed by atoms with Gasteiger partial charge in [0, 0.05) is 23.1 Å². The number of pyridine rings is 1. The van der Waals surface area contributed by atoms with E-state index in [1.165, 1.54) is 56.5 Å². The molecule has 4 aromatic rings. The van der Waals surface area contributed by atoms with E-state index in [-0.39, 0.29) is 64.8 Å². The van der Waals surface area contributed by atoms with E-state index >= 15 is 0 Å². The van der Waals surface area contributed by atoms with E-state index in [0.29, 0.717) is 0 Å². The van der Waals surface area contributed by atoms with Crippen molar-refractivity contribution in [1.82, 2.24) is 15.8 Å². The Morgan fingerprint density at radius 1 is 1.00 bits per heavy atom. The third-order valence-electron chi connectivity index (χ3n) is 8.49. The number of carbonyl (C=O) groups is 3. The van der Waals surface area contributed by atoms with Gasteiger partial charge in [0.15, 0.2) is 17.2 Å². The largest absolute Gasteiger partial charge is 0.493 e. The van der Waals surface area contributed by atoms with Crippen LogP contribution >= 0.6 is 0 Å². The van der Waals surface area contributed by atoms with E-state index < -0.39 is 59.3 Å². The van der Waals surface area contributed by atoms with Crippen LogP contribution in [0.2, 0.25) is 0 Å². The van der Waals surface area contributed by atoms with Crippen molar-refractivity contribution in [3.05, 3.63) is 107 Å². The molecular formula is C38H37F4N3O9. The van der Waals surface area contributed by atoms with Crippen LogP contribution in [0.25, 0.3) is 11.3 Å². The van der Waals surface area contributed by atoms with E-state index in [9.17, 15) is 37.1 Å². The summed E-state index contributed by atoms with van der Waals surface area (Å²) >= 11 is 0. The van der Waals surface area contributed by atoms with Crippen LogP contribution in [0.15, 0.2) is 78.9 Å². The third-order valence-corrected chi connectivity index (χ3v) is 8.49. The highest BCUT2D eigenvalue weighted by atomic mass is 19.4. The first-order chi connectivity index (χ1) is 25.6. The molecule has 1 amide bonds. The van der Waals surface area contributed by atoms with Gasteiger partial charge in [0.05, 0.1) is 24.9 Å². The summed E-state index contributed by atoms with van der Waals surface area (Å²) in [5.41, 5.74) is -3.50. The molecule has 3 aromatic carbocycles. The Morgan fingerprint density at radius 2 is 1.70 bits per heavy atom. The number of benzene rings is 3. The summed E-state index contributed by atoms with van der Waals surface area (Å²) in [7, 11) is 1.29. The van der Waals surface area contributed by atoms with Gasteiger partial charge in [-0.25, -0.2) is 14.2 Å². The van der Waals surface area contributed by atoms with Gasteiger partial charge in [-0.05, 0) is 74.5 Å². The minimum atomic E-state index is -5.40. The number of methoxy groups -OCH3 is 1. The van der Waals surface area contributed by atoms with Gasteiger partial charge in [-0.2, -0.15) is 13.2 Å². The number of ether oxygens (including phenoxy) is 4. The van der Waals surface area contributed by atoms with Gasteiger partial charge in [-0.15, -0.1) is 5.48 Å². The molecule has 286 valence electrons. The summed E-state index contributed by atoms with van der Waals surface area (Å²) in [6.45, 7) is 3.08. The van der Waals surface area contributed by atoms with Crippen molar-refractivity contribution in [2.45, 2.75) is 50.6 Å². The van der Waals surface area contributed by atoms with Crippen molar-refractivity contribution in [3.63, 3.8) is 0 Å². The molecule has 2 heterocycles. The van der Waals surface area contributed by atoms with Crippen LogP contribution in [-0.2, 0) is 25.5 Å². The highest BCUT2D eigenvalue weighted by Gasteiger charge is 2.57. The van der Waals surface area contributed by atoms with Crippen molar-refractivity contribution in [2.24, 2.45) is 0 Å². The standard InChI is InChI=1S/C38H37F4N3O9/c1-5-31(46)53-22(2)19-51-28-16-13-25(17-29(28)50-4)34(47)43-20-37(49,38(40,41)42)30-18-27-33(32(44-30)23-11-14-26(39)15-12-23)52-21-36(27,3)45-54-35(48)24-9-7-6-8-10-24/h6-18,22,45,49H,5,19-21H2,1-4H3,(H,43,47)/t22-,36-,37?/m1/s1. The quantitative estimate of drug-likeness (QED) is 0.0817. The number of halogens is 4. The second-order valence-corrected chi connectivity index (χ2v) is 12.6. The second-order valence-electron chi connectivity index (χ2n) is 12.6. The Morgan fingerprint density at radius 3 is 2.35 bits per heavy atom. The van der Waals surface area contributed by atoms with E-state index in [2.05, 4.69) is 15.8 Å². The molecule has 1 unspecified atom stereocenters. The van der Waals surface area contributed by atoms with Crippen molar-refractivity contribution < 1.29 is 60.8 Å². The van der Waals surface area contributed by atoms with Crippen molar-refractivity contribution in [1.29, 1.82) is 0 Å². The molecule has 0 bridgehead atoms. The van der Waals surface area contributed by atoms with E-state index in [1.807, 2.05) is 0 Å². The highest BCUT2D eigenvalue weighted by molar-refractivity contribution is 5.95. The first-order valence-corrected chi connectivity index (χ1v) is 16.6. The molecule has 3 N–H and O–H groups in total. The minimum Gasteiger partial charge on any atom is -0.493 e. The SMILES string of the molecule is CCC(=O)O[C@H](C)COc1ccc(C(=O)NCC(O)(c2cc3c(c(-c4ccc(F)cc4)n2)OC[C@@]3(C)NOC(=O)c2ccccc2)C(F)(F)F)cc1OC. The predicted octanol–water partition coefficient (Wildman–Crippen LogP) is 5.77. The number of fused-ring (bicyclic) bond motifs is 1. The molecule has 0 fully saturated rings. The molecule has 16 heteroatoms. The number of esters is 1. The first-order valence-electron chi connectivity index (χ1n) is 16.6. The normalized spacial score (nSPS) is 16.6. The fourth-order valence-corrected chi connectivity index (χ4v) is 5.40. The number of rotatable bonds is 14. The zero-order valence-electron chi connectivity index (χ0n) is 29.6. The lowest BCUT2D eigenvalue weighted by Crippen LogP contribution is -2.52. The number of nitrogens with one attached hydrogen (secondary N) is 2. The summed E-state index contributed by atoms with van der Waals surface area (Å²) in [6, 6.07) is 17.5. The number of hydroxylamine groups is 1. The van der Waals surface area contributed by atoms with Crippen LogP contribution in [0.5, 0.6) is 17.2 Å². The predicted molar refractivity (Wildman–Crippen MR) is 184 cm³/mol. The molecule has 1 aromatic heterocycles. The fraction of sp³-hybridized carbons (Fsp3) is 0.316. The molecule has 0 spiro atoms. The zero-order valence-corrected chi connectivity index (χ0v) is 29.6. The van der Waals surface area contributed by atoms with Gasteiger partial charge in [0.25, 0.3) is 5.91 Å². The van der Waals surface area contributed by atoms with Crippen LogP contribution in [0.4, 0.5) is 17.6 Å². The Hall–Kier alpha value is -5.74. The number of nitrogens with zero attached hydrogens (tertiary/aromatic N) is 1. The van der Waals surface area contributed by atoms with Gasteiger partial charge in [-0.3, -0.25) is 9.59 Å². The lowest BCUT2D eigenvalue weighted by Gasteiger charge is -2.32. The zero-order chi connectivity index (χ0) is 39.3. The van der Waals surface area contributed by atoms with Crippen LogP contribution in [0, 0.1) is 5.82 Å². The lowest BCUT2D eigenvalue weighted by molar-refractivity contribution is -0.265. The minimum absolute atomic E-state index is 0.00278. The van der Waals surface area contributed by atoms with Crippen LogP contribution in [-0.4, -0.2) is 67.1 Å². The molecule has 0 saturated heterocycles. The summed E-state index contributed by atoms with van der Waals surface area (Å²) in [6.07, 6.45) is -5.83. The topological polar surface area (TPSA) is 155 Å². The third kappa shape index (κ3) is 8.55. The summed E-state index contributed by atoms with van der Waals surface area (Å²) in [4.78, 5) is 47.0. The maximum Gasteiger partial charge on any atom is 0.424 e. The van der Waals surface area contributed by atoms with Crippen LogP contribution in [0.3, 0.4) is 0 Å². The first kappa shape index (κ1) is 39.5. The van der Waals surface area contributed by atoms with Gasteiger partial charge >= 0.3 is 18.1 Å². The van der Waals surface area contributed by atoms with Gasteiger partial charge < -0.3 is 34.2 Å². The monoisotopic (exact) mass is 755 g/mol. The lowest BCUT2D eigenvalue weighted by atomic mass is 9.89. The number of carbonyl (C=O) groups excluding carboxylic acids is 3. The number of alkyl halides is 3. The summed E-state index contributed by atoms with van der Waals surface area (Å²) < 4.78 is 80.8. The van der Waals surface area contributed by atoms with E-state index in [1.54, 1.807) is 32.0 Å². The number of amides is 1. The molecular weight excluding hydrogens is 718 g/mol. The molecule has 0 saturated carbocycles. The Bertz CT molecular complexity index is 2000. The maximum absolute atomic E-state index is 15.0. The molecule has 1 aliphatic heterocycles. The Labute approximate surface area is 307 Å². The fourth-order valence-electron chi connectivity index (χ4n) is 5.40. The van der Waals surface area contributed by atoms with Crippen molar-refractivity contribution >= 4 is 17.8 Å². The maximum atomic E-state index is 15.0. The van der Waals surface area contributed by atoms with E-state index in [4.69, 9.17) is 23.8 Å². The molecule has 5 rings (SSSR count). The Balaban J connectivity index is 1.45. The van der Waals surface area contributed by atoms with Crippen LogP contribution in [0.1, 0.15) is 59.2 Å². The van der Waals surface area contributed by atoms with Gasteiger partial charge in [0.1, 0.15) is 36.4 Å². The smallest absolute Gasteiger partial charge is 0.424 e. The number of hydrogen-bond acceptors (Lipinski definition) is 11. The molecule has 1 aliphatic rings.